The number of piperidine rings is 1. The smallest absolute Gasteiger partial charge is 0.310 e. The van der Waals surface area contributed by atoms with Crippen molar-refractivity contribution in [2.24, 2.45) is 10.9 Å². The Hall–Kier alpha value is -0.380. The van der Waals surface area contributed by atoms with Crippen LogP contribution in [0.2, 0.25) is 0 Å². The summed E-state index contributed by atoms with van der Waals surface area (Å²) in [6.45, 7) is 13.0. The maximum Gasteiger partial charge on any atom is 0.310 e. The maximum absolute atomic E-state index is 12.1. The Kier molecular flexibility index (Phi) is 11.9. The summed E-state index contributed by atoms with van der Waals surface area (Å²) in [5.74, 6) is 1.14. The molecule has 0 aromatic carbocycles. The van der Waals surface area contributed by atoms with Crippen molar-refractivity contribution in [2.45, 2.75) is 52.2 Å². The molecule has 1 aliphatic rings. The number of carbonyl (C=O) groups excluding carboxylic acids is 1. The molecule has 25 heavy (non-hydrogen) atoms. The van der Waals surface area contributed by atoms with Crippen LogP contribution in [0.1, 0.15) is 47.5 Å². The van der Waals surface area contributed by atoms with Crippen LogP contribution in [0.15, 0.2) is 4.99 Å². The molecular weight excluding hydrogens is 453 g/mol. The first-order valence-corrected chi connectivity index (χ1v) is 10.2. The molecule has 1 heterocycles. The summed E-state index contributed by atoms with van der Waals surface area (Å²) in [4.78, 5) is 18.7. The van der Waals surface area contributed by atoms with Crippen LogP contribution in [0.5, 0.6) is 0 Å². The van der Waals surface area contributed by atoms with Gasteiger partial charge in [-0.2, -0.15) is 0 Å². The molecule has 1 N–H and O–H groups in total. The van der Waals surface area contributed by atoms with Crippen LogP contribution in [0.4, 0.5) is 0 Å². The number of hydrogen-bond acceptors (Lipinski definition) is 4. The minimum atomic E-state index is -0.907. The molecule has 2 atom stereocenters. The average Bonchev–Trinajstić information content (AvgIpc) is 2.53. The molecule has 6 nitrogen and oxygen atoms in total. The number of hydrogen-bond donors (Lipinski definition) is 1. The number of nitrogens with one attached hydrogen (secondary N) is 1. The third-order valence-corrected chi connectivity index (χ3v) is 5.82. The van der Waals surface area contributed by atoms with Gasteiger partial charge in [-0.3, -0.25) is 14.0 Å². The molecule has 0 radical (unpaired) electrons. The fraction of sp³-hybridized carbons (Fsp3) is 0.882. The van der Waals surface area contributed by atoms with Gasteiger partial charge in [0.15, 0.2) is 5.96 Å². The molecule has 1 fully saturated rings. The zero-order chi connectivity index (χ0) is 18.2. The second-order valence-electron chi connectivity index (χ2n) is 6.93. The lowest BCUT2D eigenvalue weighted by atomic mass is 9.98. The van der Waals surface area contributed by atoms with E-state index in [1.165, 1.54) is 0 Å². The van der Waals surface area contributed by atoms with E-state index in [0.29, 0.717) is 25.4 Å². The van der Waals surface area contributed by atoms with Gasteiger partial charge < -0.3 is 15.0 Å². The molecule has 1 aliphatic heterocycles. The van der Waals surface area contributed by atoms with Crippen molar-refractivity contribution in [1.82, 2.24) is 10.2 Å². The first kappa shape index (κ1) is 24.6. The zero-order valence-corrected chi connectivity index (χ0v) is 19.3. The number of halogens is 1. The highest BCUT2D eigenvalue weighted by Crippen LogP contribution is 2.18. The molecule has 0 amide bonds. The van der Waals surface area contributed by atoms with Crippen LogP contribution in [0.3, 0.4) is 0 Å². The van der Waals surface area contributed by atoms with Gasteiger partial charge in [0.1, 0.15) is 0 Å². The van der Waals surface area contributed by atoms with Crippen LogP contribution < -0.4 is 5.32 Å². The average molecular weight is 487 g/mol. The summed E-state index contributed by atoms with van der Waals surface area (Å²) >= 11 is 0. The van der Waals surface area contributed by atoms with Gasteiger partial charge in [0.25, 0.3) is 0 Å². The van der Waals surface area contributed by atoms with E-state index in [-0.39, 0.29) is 40.6 Å². The molecule has 1 rings (SSSR count). The summed E-state index contributed by atoms with van der Waals surface area (Å²) in [5.41, 5.74) is 0. The zero-order valence-electron chi connectivity index (χ0n) is 16.2. The fourth-order valence-electron chi connectivity index (χ4n) is 2.59. The molecule has 0 saturated carbocycles. The highest BCUT2D eigenvalue weighted by Gasteiger charge is 2.28. The second kappa shape index (κ2) is 12.1. The van der Waals surface area contributed by atoms with Gasteiger partial charge in [0.2, 0.25) is 0 Å². The number of guanidine groups is 1. The number of esters is 1. The van der Waals surface area contributed by atoms with Gasteiger partial charge in [-0.25, -0.2) is 0 Å². The molecule has 0 bridgehead atoms. The lowest BCUT2D eigenvalue weighted by Gasteiger charge is -2.34. The van der Waals surface area contributed by atoms with Gasteiger partial charge in [-0.1, -0.05) is 0 Å². The Labute approximate surface area is 172 Å². The summed E-state index contributed by atoms with van der Waals surface area (Å²) < 4.78 is 17.1. The number of nitrogens with zero attached hydrogens (tertiary/aromatic N) is 2. The molecule has 0 aromatic heterocycles. The van der Waals surface area contributed by atoms with Gasteiger partial charge in [-0.15, -0.1) is 24.0 Å². The lowest BCUT2D eigenvalue weighted by Crippen LogP contribution is -2.48. The van der Waals surface area contributed by atoms with Crippen molar-refractivity contribution in [2.75, 3.05) is 38.5 Å². The molecule has 8 heteroatoms. The molecule has 0 spiro atoms. The molecular formula is C17H34IN3O3S. The Bertz CT molecular complexity index is 467. The molecule has 148 valence electrons. The van der Waals surface area contributed by atoms with Crippen LogP contribution >= 0.6 is 24.0 Å². The van der Waals surface area contributed by atoms with Gasteiger partial charge in [0.05, 0.1) is 19.1 Å². The third-order valence-electron chi connectivity index (χ3n) is 3.90. The Balaban J connectivity index is 0.00000576. The van der Waals surface area contributed by atoms with Gasteiger partial charge in [0, 0.05) is 40.9 Å². The quantitative estimate of drug-likeness (QED) is 0.270. The standard InChI is InChI=1S/C17H33N3O3S.HI/c1-6-18-16(19-10-12-24(22)17(3,4)5)20-11-8-9-14(13-20)15(21)23-7-2;/h14H,6-13H2,1-5H3,(H,18,19);1H. The first-order valence-electron chi connectivity index (χ1n) is 8.88. The summed E-state index contributed by atoms with van der Waals surface area (Å²) in [7, 11) is -0.907. The number of likely N-dealkylation sites (tertiary alicyclic amines) is 1. The minimum absolute atomic E-state index is 0. The van der Waals surface area contributed by atoms with Crippen LogP contribution in [-0.2, 0) is 20.3 Å². The number of carbonyl (C=O) groups is 1. The van der Waals surface area contributed by atoms with Gasteiger partial charge >= 0.3 is 5.97 Å². The van der Waals surface area contributed by atoms with Crippen molar-refractivity contribution in [1.29, 1.82) is 0 Å². The number of aliphatic imine (C=N–C) groups is 1. The minimum Gasteiger partial charge on any atom is -0.466 e. The highest BCUT2D eigenvalue weighted by atomic mass is 127. The van der Waals surface area contributed by atoms with E-state index in [2.05, 4.69) is 15.2 Å². The Morgan fingerprint density at radius 3 is 2.60 bits per heavy atom. The van der Waals surface area contributed by atoms with Crippen molar-refractivity contribution in [3.63, 3.8) is 0 Å². The van der Waals surface area contributed by atoms with Crippen LogP contribution in [0, 0.1) is 5.92 Å². The highest BCUT2D eigenvalue weighted by molar-refractivity contribution is 14.0. The lowest BCUT2D eigenvalue weighted by molar-refractivity contribution is -0.149. The summed E-state index contributed by atoms with van der Waals surface area (Å²) in [5, 5.41) is 3.28. The van der Waals surface area contributed by atoms with Crippen molar-refractivity contribution in [3.05, 3.63) is 0 Å². The van der Waals surface area contributed by atoms with Crippen LogP contribution in [0.25, 0.3) is 0 Å². The van der Waals surface area contributed by atoms with Crippen LogP contribution in [-0.4, -0.2) is 64.3 Å². The predicted molar refractivity (Wildman–Crippen MR) is 115 cm³/mol. The monoisotopic (exact) mass is 487 g/mol. The van der Waals surface area contributed by atoms with Crippen molar-refractivity contribution in [3.8, 4) is 0 Å². The third kappa shape index (κ3) is 8.70. The Morgan fingerprint density at radius 1 is 1.36 bits per heavy atom. The van der Waals surface area contributed by atoms with E-state index in [9.17, 15) is 9.00 Å². The van der Waals surface area contributed by atoms with Crippen molar-refractivity contribution < 1.29 is 13.7 Å². The normalized spacial score (nSPS) is 19.8. The molecule has 0 aromatic rings. The molecule has 2 unspecified atom stereocenters. The summed E-state index contributed by atoms with van der Waals surface area (Å²) in [6.07, 6.45) is 1.81. The first-order chi connectivity index (χ1) is 11.3. The van der Waals surface area contributed by atoms with E-state index in [1.54, 1.807) is 0 Å². The predicted octanol–water partition coefficient (Wildman–Crippen LogP) is 2.39. The van der Waals surface area contributed by atoms with E-state index in [0.717, 1.165) is 31.9 Å². The van der Waals surface area contributed by atoms with E-state index >= 15 is 0 Å². The number of ether oxygens (including phenoxy) is 1. The maximum atomic E-state index is 12.1. The van der Waals surface area contributed by atoms with E-state index in [4.69, 9.17) is 4.74 Å². The molecule has 0 aliphatic carbocycles. The van der Waals surface area contributed by atoms with Crippen molar-refractivity contribution >= 4 is 46.7 Å². The fourth-order valence-corrected chi connectivity index (χ4v) is 3.46. The molecule has 1 saturated heterocycles. The number of rotatable bonds is 6. The largest absolute Gasteiger partial charge is 0.466 e. The second-order valence-corrected chi connectivity index (χ2v) is 9.26. The van der Waals surface area contributed by atoms with E-state index < -0.39 is 10.8 Å². The Morgan fingerprint density at radius 2 is 2.04 bits per heavy atom. The van der Waals surface area contributed by atoms with Gasteiger partial charge in [-0.05, 0) is 47.5 Å². The SMILES string of the molecule is CCNC(=NCCS(=O)C(C)(C)C)N1CCCC(C(=O)OCC)C1.I. The summed E-state index contributed by atoms with van der Waals surface area (Å²) in [6, 6.07) is 0. The van der Waals surface area contributed by atoms with E-state index in [1.807, 2.05) is 34.6 Å². The topological polar surface area (TPSA) is 71.0 Å².